The van der Waals surface area contributed by atoms with Crippen LogP contribution in [0.2, 0.25) is 0 Å². The highest BCUT2D eigenvalue weighted by molar-refractivity contribution is 5.83. The molecular weight excluding hydrogens is 230 g/mol. The van der Waals surface area contributed by atoms with Gasteiger partial charge in [-0.25, -0.2) is 0 Å². The zero-order chi connectivity index (χ0) is 13.1. The summed E-state index contributed by atoms with van der Waals surface area (Å²) in [5, 5.41) is 5.90. The molecule has 0 aromatic rings. The SMILES string of the molecule is CC1CC(NC(=O)C2CCC(=O)NC2)CCN1C. The van der Waals surface area contributed by atoms with Gasteiger partial charge in [-0.3, -0.25) is 9.59 Å². The molecule has 102 valence electrons. The van der Waals surface area contributed by atoms with Crippen molar-refractivity contribution in [1.82, 2.24) is 15.5 Å². The Morgan fingerprint density at radius 2 is 2.22 bits per heavy atom. The predicted molar refractivity (Wildman–Crippen MR) is 69.0 cm³/mol. The van der Waals surface area contributed by atoms with Crippen molar-refractivity contribution in [3.63, 3.8) is 0 Å². The van der Waals surface area contributed by atoms with E-state index in [4.69, 9.17) is 0 Å². The van der Waals surface area contributed by atoms with Crippen molar-refractivity contribution in [1.29, 1.82) is 0 Å². The lowest BCUT2D eigenvalue weighted by Gasteiger charge is -2.36. The maximum absolute atomic E-state index is 12.1. The van der Waals surface area contributed by atoms with Crippen LogP contribution in [0.4, 0.5) is 0 Å². The molecule has 2 amide bonds. The van der Waals surface area contributed by atoms with Crippen LogP contribution < -0.4 is 10.6 Å². The van der Waals surface area contributed by atoms with Crippen LogP contribution in [-0.4, -0.2) is 48.9 Å². The van der Waals surface area contributed by atoms with E-state index in [0.717, 1.165) is 19.4 Å². The van der Waals surface area contributed by atoms with E-state index in [1.54, 1.807) is 0 Å². The second-order valence-electron chi connectivity index (χ2n) is 5.60. The summed E-state index contributed by atoms with van der Waals surface area (Å²) in [7, 11) is 2.12. The van der Waals surface area contributed by atoms with Crippen molar-refractivity contribution < 1.29 is 9.59 Å². The van der Waals surface area contributed by atoms with E-state index >= 15 is 0 Å². The van der Waals surface area contributed by atoms with Gasteiger partial charge in [-0.05, 0) is 33.2 Å². The minimum absolute atomic E-state index is 0.0438. The van der Waals surface area contributed by atoms with Gasteiger partial charge < -0.3 is 15.5 Å². The van der Waals surface area contributed by atoms with E-state index in [2.05, 4.69) is 29.5 Å². The van der Waals surface area contributed by atoms with Crippen molar-refractivity contribution >= 4 is 11.8 Å². The highest BCUT2D eigenvalue weighted by Gasteiger charge is 2.28. The van der Waals surface area contributed by atoms with Crippen LogP contribution in [0.1, 0.15) is 32.6 Å². The molecule has 0 aromatic heterocycles. The lowest BCUT2D eigenvalue weighted by molar-refractivity contribution is -0.129. The number of hydrogen-bond donors (Lipinski definition) is 2. The van der Waals surface area contributed by atoms with Crippen LogP contribution in [0.25, 0.3) is 0 Å². The summed E-state index contributed by atoms with van der Waals surface area (Å²) in [5.41, 5.74) is 0. The average molecular weight is 253 g/mol. The monoisotopic (exact) mass is 253 g/mol. The molecule has 2 aliphatic rings. The molecule has 3 unspecified atom stereocenters. The predicted octanol–water partition coefficient (Wildman–Crippen LogP) is 0.112. The molecule has 0 saturated carbocycles. The first-order chi connectivity index (χ1) is 8.56. The fourth-order valence-electron chi connectivity index (χ4n) is 2.70. The van der Waals surface area contributed by atoms with Crippen LogP contribution in [0.5, 0.6) is 0 Å². The number of amides is 2. The summed E-state index contributed by atoms with van der Waals surface area (Å²) in [5.74, 6) is 0.126. The summed E-state index contributed by atoms with van der Waals surface area (Å²) >= 11 is 0. The van der Waals surface area contributed by atoms with Crippen LogP contribution >= 0.6 is 0 Å². The molecule has 2 aliphatic heterocycles. The molecule has 0 bridgehead atoms. The van der Waals surface area contributed by atoms with Gasteiger partial charge in [-0.15, -0.1) is 0 Å². The van der Waals surface area contributed by atoms with Crippen LogP contribution in [0.3, 0.4) is 0 Å². The third kappa shape index (κ3) is 3.22. The van der Waals surface area contributed by atoms with Gasteiger partial charge in [-0.1, -0.05) is 0 Å². The van der Waals surface area contributed by atoms with Crippen LogP contribution in [0.15, 0.2) is 0 Å². The van der Waals surface area contributed by atoms with E-state index in [1.807, 2.05) is 0 Å². The molecule has 2 heterocycles. The molecule has 2 rings (SSSR count). The number of carbonyl (C=O) groups is 2. The average Bonchev–Trinajstić information content (AvgIpc) is 2.34. The topological polar surface area (TPSA) is 61.4 Å². The second kappa shape index (κ2) is 5.69. The molecule has 2 fully saturated rings. The summed E-state index contributed by atoms with van der Waals surface area (Å²) in [6, 6.07) is 0.816. The van der Waals surface area contributed by atoms with Gasteiger partial charge in [0.1, 0.15) is 0 Å². The molecule has 5 nitrogen and oxygen atoms in total. The number of rotatable bonds is 2. The van der Waals surface area contributed by atoms with E-state index in [0.29, 0.717) is 31.5 Å². The van der Waals surface area contributed by atoms with Gasteiger partial charge in [0.2, 0.25) is 11.8 Å². The largest absolute Gasteiger partial charge is 0.355 e. The number of hydrogen-bond acceptors (Lipinski definition) is 3. The standard InChI is InChI=1S/C13H23N3O2/c1-9-7-11(5-6-16(9)2)15-13(18)10-3-4-12(17)14-8-10/h9-11H,3-8H2,1-2H3,(H,14,17)(H,15,18). The maximum atomic E-state index is 12.1. The fourth-order valence-corrected chi connectivity index (χ4v) is 2.70. The molecule has 5 heteroatoms. The van der Waals surface area contributed by atoms with Gasteiger partial charge in [0, 0.05) is 31.6 Å². The van der Waals surface area contributed by atoms with E-state index < -0.39 is 0 Å². The fraction of sp³-hybridized carbons (Fsp3) is 0.846. The maximum Gasteiger partial charge on any atom is 0.225 e. The molecule has 0 aromatic carbocycles. The Morgan fingerprint density at radius 3 is 2.83 bits per heavy atom. The first-order valence-electron chi connectivity index (χ1n) is 6.83. The Bertz CT molecular complexity index is 322. The minimum Gasteiger partial charge on any atom is -0.355 e. The highest BCUT2D eigenvalue weighted by Crippen LogP contribution is 2.17. The van der Waals surface area contributed by atoms with Crippen molar-refractivity contribution in [3.8, 4) is 0 Å². The number of likely N-dealkylation sites (tertiary alicyclic amines) is 1. The Balaban J connectivity index is 1.79. The lowest BCUT2D eigenvalue weighted by Crippen LogP contribution is -2.50. The Morgan fingerprint density at radius 1 is 1.44 bits per heavy atom. The number of nitrogens with one attached hydrogen (secondary N) is 2. The molecule has 3 atom stereocenters. The minimum atomic E-state index is -0.0438. The molecule has 0 radical (unpaired) electrons. The van der Waals surface area contributed by atoms with Crippen LogP contribution in [-0.2, 0) is 9.59 Å². The Labute approximate surface area is 108 Å². The summed E-state index contributed by atoms with van der Waals surface area (Å²) in [4.78, 5) is 25.5. The molecule has 18 heavy (non-hydrogen) atoms. The van der Waals surface area contributed by atoms with Crippen molar-refractivity contribution in [2.45, 2.75) is 44.7 Å². The summed E-state index contributed by atoms with van der Waals surface area (Å²) < 4.78 is 0. The molecule has 2 saturated heterocycles. The van der Waals surface area contributed by atoms with E-state index in [-0.39, 0.29) is 17.7 Å². The third-order valence-corrected chi connectivity index (χ3v) is 4.19. The van der Waals surface area contributed by atoms with Gasteiger partial charge in [0.25, 0.3) is 0 Å². The number of piperidine rings is 2. The van der Waals surface area contributed by atoms with Gasteiger partial charge in [0.15, 0.2) is 0 Å². The number of nitrogens with zero attached hydrogens (tertiary/aromatic N) is 1. The smallest absolute Gasteiger partial charge is 0.225 e. The lowest BCUT2D eigenvalue weighted by atomic mass is 9.95. The Hall–Kier alpha value is -1.10. The molecule has 0 aliphatic carbocycles. The normalized spacial score (nSPS) is 33.9. The first-order valence-corrected chi connectivity index (χ1v) is 6.83. The van der Waals surface area contributed by atoms with E-state index in [1.165, 1.54) is 0 Å². The zero-order valence-electron chi connectivity index (χ0n) is 11.2. The first kappa shape index (κ1) is 13.3. The van der Waals surface area contributed by atoms with E-state index in [9.17, 15) is 9.59 Å². The second-order valence-corrected chi connectivity index (χ2v) is 5.60. The third-order valence-electron chi connectivity index (χ3n) is 4.19. The quantitative estimate of drug-likeness (QED) is 0.734. The number of carbonyl (C=O) groups excluding carboxylic acids is 2. The summed E-state index contributed by atoms with van der Waals surface area (Å²) in [6.07, 6.45) is 3.19. The highest BCUT2D eigenvalue weighted by atomic mass is 16.2. The zero-order valence-corrected chi connectivity index (χ0v) is 11.2. The Kier molecular flexibility index (Phi) is 4.22. The molecule has 0 spiro atoms. The molecular formula is C13H23N3O2. The molecule has 2 N–H and O–H groups in total. The van der Waals surface area contributed by atoms with Crippen LogP contribution in [0, 0.1) is 5.92 Å². The van der Waals surface area contributed by atoms with Gasteiger partial charge in [0.05, 0.1) is 5.92 Å². The van der Waals surface area contributed by atoms with Crippen molar-refractivity contribution in [2.75, 3.05) is 20.1 Å². The summed E-state index contributed by atoms with van der Waals surface area (Å²) in [6.45, 7) is 3.72. The van der Waals surface area contributed by atoms with Gasteiger partial charge in [-0.2, -0.15) is 0 Å². The van der Waals surface area contributed by atoms with Crippen molar-refractivity contribution in [3.05, 3.63) is 0 Å². The van der Waals surface area contributed by atoms with Gasteiger partial charge >= 0.3 is 0 Å². The van der Waals surface area contributed by atoms with Crippen molar-refractivity contribution in [2.24, 2.45) is 5.92 Å².